The first-order chi connectivity index (χ1) is 14.5. The van der Waals surface area contributed by atoms with Gasteiger partial charge in [0.2, 0.25) is 0 Å². The van der Waals surface area contributed by atoms with Gasteiger partial charge in [0.1, 0.15) is 0 Å². The number of hydrogen-bond donors (Lipinski definition) is 0. The van der Waals surface area contributed by atoms with Crippen LogP contribution in [0.2, 0.25) is 0 Å². The second-order valence-electron chi connectivity index (χ2n) is 7.00. The van der Waals surface area contributed by atoms with E-state index >= 15 is 0 Å². The molecule has 6 heteroatoms. The maximum absolute atomic E-state index is 12.7. The lowest BCUT2D eigenvalue weighted by Crippen LogP contribution is -2.23. The fourth-order valence-electron chi connectivity index (χ4n) is 2.94. The average Bonchev–Trinajstić information content (AvgIpc) is 3.03. The van der Waals surface area contributed by atoms with Gasteiger partial charge in [0.15, 0.2) is 16.7 Å². The summed E-state index contributed by atoms with van der Waals surface area (Å²) in [6, 6.07) is 13.8. The second kappa shape index (κ2) is 10.3. The first-order valence-electron chi connectivity index (χ1n) is 10.2. The first kappa shape index (κ1) is 22.0. The Hall–Kier alpha value is -2.73. The number of ether oxygens (including phenoxy) is 2. The Morgan fingerprint density at radius 2 is 1.87 bits per heavy atom. The van der Waals surface area contributed by atoms with Crippen LogP contribution in [0.1, 0.15) is 37.8 Å². The number of amides is 1. The topological polar surface area (TPSA) is 51.1 Å². The summed E-state index contributed by atoms with van der Waals surface area (Å²) in [6.45, 7) is 4.91. The predicted octanol–water partition coefficient (Wildman–Crippen LogP) is 5.67. The molecule has 5 nitrogen and oxygen atoms in total. The van der Waals surface area contributed by atoms with Gasteiger partial charge < -0.3 is 9.47 Å². The fourth-order valence-corrected chi connectivity index (χ4v) is 3.93. The van der Waals surface area contributed by atoms with Crippen molar-refractivity contribution in [1.82, 2.24) is 4.90 Å². The molecule has 0 saturated carbocycles. The Morgan fingerprint density at radius 1 is 1.10 bits per heavy atom. The third-order valence-corrected chi connectivity index (χ3v) is 5.87. The van der Waals surface area contributed by atoms with E-state index < -0.39 is 0 Å². The van der Waals surface area contributed by atoms with E-state index in [2.05, 4.69) is 31.0 Å². The lowest BCUT2D eigenvalue weighted by molar-refractivity contribution is -0.121. The number of likely N-dealkylation sites (N-methyl/N-ethyl adjacent to an activating group) is 1. The number of aliphatic imine (C=N–C) groups is 1. The molecule has 0 N–H and O–H groups in total. The molecule has 158 valence electrons. The summed E-state index contributed by atoms with van der Waals surface area (Å²) in [4.78, 5) is 19.6. The minimum absolute atomic E-state index is 0.0637. The maximum Gasteiger partial charge on any atom is 0.266 e. The molecule has 30 heavy (non-hydrogen) atoms. The Kier molecular flexibility index (Phi) is 7.57. The van der Waals surface area contributed by atoms with Crippen LogP contribution in [0.25, 0.3) is 6.08 Å². The largest absolute Gasteiger partial charge is 0.493 e. The van der Waals surface area contributed by atoms with Gasteiger partial charge in [-0.2, -0.15) is 0 Å². The Morgan fingerprint density at radius 3 is 2.53 bits per heavy atom. The van der Waals surface area contributed by atoms with Crippen LogP contribution in [0, 0.1) is 0 Å². The van der Waals surface area contributed by atoms with E-state index in [0.29, 0.717) is 28.2 Å². The van der Waals surface area contributed by atoms with Gasteiger partial charge in [0, 0.05) is 7.05 Å². The molecule has 0 unspecified atom stereocenters. The number of hydrogen-bond acceptors (Lipinski definition) is 5. The smallest absolute Gasteiger partial charge is 0.266 e. The highest BCUT2D eigenvalue weighted by Crippen LogP contribution is 2.35. The molecule has 0 spiro atoms. The number of carbonyl (C=O) groups excluding carboxylic acids is 1. The van der Waals surface area contributed by atoms with Gasteiger partial charge >= 0.3 is 0 Å². The fraction of sp³-hybridized carbons (Fsp3) is 0.333. The Bertz CT molecular complexity index is 951. The average molecular weight is 425 g/mol. The van der Waals surface area contributed by atoms with E-state index in [1.165, 1.54) is 17.3 Å². The molecule has 2 aromatic carbocycles. The molecule has 0 aromatic heterocycles. The highest BCUT2D eigenvalue weighted by Gasteiger charge is 2.30. The lowest BCUT2D eigenvalue weighted by Gasteiger charge is -2.11. The van der Waals surface area contributed by atoms with Crippen molar-refractivity contribution in [2.45, 2.75) is 33.1 Å². The van der Waals surface area contributed by atoms with Crippen LogP contribution >= 0.6 is 11.8 Å². The van der Waals surface area contributed by atoms with Crippen LogP contribution in [0.4, 0.5) is 5.69 Å². The van der Waals surface area contributed by atoms with Gasteiger partial charge in [-0.1, -0.05) is 38.5 Å². The Labute approximate surface area is 182 Å². The van der Waals surface area contributed by atoms with Crippen molar-refractivity contribution in [3.63, 3.8) is 0 Å². The molecule has 1 aliphatic heterocycles. The number of carbonyl (C=O) groups is 1. The van der Waals surface area contributed by atoms with Crippen molar-refractivity contribution in [3.8, 4) is 11.5 Å². The molecule has 0 atom stereocenters. The summed E-state index contributed by atoms with van der Waals surface area (Å²) in [6.07, 6.45) is 4.93. The van der Waals surface area contributed by atoms with Crippen LogP contribution in [-0.2, 0) is 11.2 Å². The van der Waals surface area contributed by atoms with Gasteiger partial charge in [0.25, 0.3) is 5.91 Å². The molecular formula is C24H28N2O3S. The summed E-state index contributed by atoms with van der Waals surface area (Å²) in [5.41, 5.74) is 2.98. The van der Waals surface area contributed by atoms with Crippen LogP contribution in [0.15, 0.2) is 52.4 Å². The normalized spacial score (nSPS) is 16.5. The van der Waals surface area contributed by atoms with E-state index in [0.717, 1.165) is 30.5 Å². The van der Waals surface area contributed by atoms with Gasteiger partial charge in [-0.15, -0.1) is 0 Å². The maximum atomic E-state index is 12.7. The van der Waals surface area contributed by atoms with E-state index in [1.807, 2.05) is 36.4 Å². The van der Waals surface area contributed by atoms with E-state index in [-0.39, 0.29) is 5.91 Å². The molecule has 1 amide bonds. The SMILES string of the molecule is CCCCOc1ccc(/C=C2/SC(=Nc3ccc(CC)cc3)N(C)C2=O)cc1OC. The van der Waals surface area contributed by atoms with E-state index in [9.17, 15) is 4.79 Å². The highest BCUT2D eigenvalue weighted by molar-refractivity contribution is 8.18. The number of methoxy groups -OCH3 is 1. The molecule has 1 aliphatic rings. The van der Waals surface area contributed by atoms with Crippen molar-refractivity contribution in [3.05, 3.63) is 58.5 Å². The van der Waals surface area contributed by atoms with Crippen molar-refractivity contribution >= 4 is 34.6 Å². The number of benzene rings is 2. The van der Waals surface area contributed by atoms with Crippen LogP contribution < -0.4 is 9.47 Å². The monoisotopic (exact) mass is 424 g/mol. The number of rotatable bonds is 8. The number of unbranched alkanes of at least 4 members (excludes halogenated alkanes) is 1. The minimum atomic E-state index is -0.0637. The first-order valence-corrected chi connectivity index (χ1v) is 11.0. The molecular weight excluding hydrogens is 396 g/mol. The predicted molar refractivity (Wildman–Crippen MR) is 125 cm³/mol. The van der Waals surface area contributed by atoms with Crippen LogP contribution in [0.5, 0.6) is 11.5 Å². The van der Waals surface area contributed by atoms with E-state index in [1.54, 1.807) is 19.1 Å². The number of amidine groups is 1. The second-order valence-corrected chi connectivity index (χ2v) is 8.01. The zero-order valence-corrected chi connectivity index (χ0v) is 18.8. The van der Waals surface area contributed by atoms with Gasteiger partial charge in [-0.3, -0.25) is 9.69 Å². The molecule has 2 aromatic rings. The van der Waals surface area contributed by atoms with Crippen LogP contribution in [-0.4, -0.2) is 36.7 Å². The Balaban J connectivity index is 1.79. The number of aryl methyl sites for hydroxylation is 1. The third kappa shape index (κ3) is 5.25. The zero-order chi connectivity index (χ0) is 21.5. The molecule has 0 aliphatic carbocycles. The number of thioether (sulfide) groups is 1. The summed E-state index contributed by atoms with van der Waals surface area (Å²) in [5.74, 6) is 1.31. The summed E-state index contributed by atoms with van der Waals surface area (Å²) in [5, 5.41) is 0.669. The summed E-state index contributed by atoms with van der Waals surface area (Å²) >= 11 is 1.38. The van der Waals surface area contributed by atoms with Crippen molar-refractivity contribution in [2.75, 3.05) is 20.8 Å². The number of nitrogens with zero attached hydrogens (tertiary/aromatic N) is 2. The molecule has 0 radical (unpaired) electrons. The van der Waals surface area contributed by atoms with Gasteiger partial charge in [0.05, 0.1) is 24.3 Å². The third-order valence-electron chi connectivity index (χ3n) is 4.81. The van der Waals surface area contributed by atoms with Crippen molar-refractivity contribution in [1.29, 1.82) is 0 Å². The van der Waals surface area contributed by atoms with E-state index in [4.69, 9.17) is 9.47 Å². The highest BCUT2D eigenvalue weighted by atomic mass is 32.2. The molecule has 0 bridgehead atoms. The molecule has 1 heterocycles. The summed E-state index contributed by atoms with van der Waals surface area (Å²) < 4.78 is 11.3. The van der Waals surface area contributed by atoms with Crippen molar-refractivity contribution in [2.24, 2.45) is 4.99 Å². The molecule has 1 saturated heterocycles. The standard InChI is InChI=1S/C24H28N2O3S/c1-5-7-14-29-20-13-10-18(15-21(20)28-4)16-22-23(27)26(3)24(30-22)25-19-11-8-17(6-2)9-12-19/h8-13,15-16H,5-7,14H2,1-4H3/b22-16+,25-24?. The quantitative estimate of drug-likeness (QED) is 0.405. The van der Waals surface area contributed by atoms with Crippen LogP contribution in [0.3, 0.4) is 0 Å². The summed E-state index contributed by atoms with van der Waals surface area (Å²) in [7, 11) is 3.37. The molecule has 3 rings (SSSR count). The molecule has 1 fully saturated rings. The minimum Gasteiger partial charge on any atom is -0.493 e. The van der Waals surface area contributed by atoms with Crippen molar-refractivity contribution < 1.29 is 14.3 Å². The van der Waals surface area contributed by atoms with Gasteiger partial charge in [-0.25, -0.2) is 4.99 Å². The lowest BCUT2D eigenvalue weighted by atomic mass is 10.1. The van der Waals surface area contributed by atoms with Gasteiger partial charge in [-0.05, 0) is 66.1 Å². The zero-order valence-electron chi connectivity index (χ0n) is 18.0.